The summed E-state index contributed by atoms with van der Waals surface area (Å²) in [5.74, 6) is -1.73. The van der Waals surface area contributed by atoms with Crippen LogP contribution < -0.4 is 14.9 Å². The minimum Gasteiger partial charge on any atom is -0.545 e. The van der Waals surface area contributed by atoms with Crippen LogP contribution in [-0.4, -0.2) is 56.3 Å². The topological polar surface area (TPSA) is 89.5 Å². The molecule has 0 bridgehead atoms. The summed E-state index contributed by atoms with van der Waals surface area (Å²) in [6.45, 7) is 6.54. The molecular weight excluding hydrogens is 288 g/mol. The summed E-state index contributed by atoms with van der Waals surface area (Å²) in [5.41, 5.74) is 0.0564. The quantitative estimate of drug-likeness (QED) is 0.512. The Morgan fingerprint density at radius 2 is 1.70 bits per heavy atom. The van der Waals surface area contributed by atoms with Gasteiger partial charge in [0, 0.05) is 6.42 Å². The largest absolute Gasteiger partial charge is 2.00 e. The van der Waals surface area contributed by atoms with Gasteiger partial charge in [0.1, 0.15) is 5.75 Å². The average molecular weight is 302 g/mol. The van der Waals surface area contributed by atoms with Crippen LogP contribution >= 0.6 is 0 Å². The molecule has 0 saturated carbocycles. The van der Waals surface area contributed by atoms with Gasteiger partial charge in [-0.2, -0.15) is 0 Å². The molecule has 0 atom stereocenters. The van der Waals surface area contributed by atoms with Crippen molar-refractivity contribution in [1.29, 1.82) is 0 Å². The molecule has 0 amide bonds. The van der Waals surface area contributed by atoms with E-state index in [9.17, 15) is 9.90 Å². The standard InChI is InChI=1S/C11H12O3.C3H4O2.Ca/c1-9(11(12)13)7-8-14-10-5-3-2-4-6-10;1-2-3(4)5;/h2-6H,1,7-8H2,(H,12,13);2H,1H2,(H,4,5);/q;;+2/p-2. The fraction of sp³-hybridized carbons (Fsp3) is 0.143. The van der Waals surface area contributed by atoms with Crippen LogP contribution in [0.5, 0.6) is 5.75 Å². The van der Waals surface area contributed by atoms with Gasteiger partial charge in [0.2, 0.25) is 0 Å². The van der Waals surface area contributed by atoms with Gasteiger partial charge in [0.15, 0.2) is 0 Å². The van der Waals surface area contributed by atoms with Gasteiger partial charge in [-0.1, -0.05) is 31.4 Å². The number of carbonyl (C=O) groups excluding carboxylic acids is 2. The fourth-order valence-corrected chi connectivity index (χ4v) is 0.911. The number of hydrogen-bond acceptors (Lipinski definition) is 5. The number of hydrogen-bond donors (Lipinski definition) is 0. The Morgan fingerprint density at radius 3 is 2.10 bits per heavy atom. The second kappa shape index (κ2) is 12.7. The minimum absolute atomic E-state index is 0. The Labute approximate surface area is 147 Å². The molecule has 0 N–H and O–H groups in total. The van der Waals surface area contributed by atoms with E-state index in [1.165, 1.54) is 0 Å². The van der Waals surface area contributed by atoms with Crippen molar-refractivity contribution in [3.63, 3.8) is 0 Å². The van der Waals surface area contributed by atoms with E-state index >= 15 is 0 Å². The van der Waals surface area contributed by atoms with Gasteiger partial charge in [0.25, 0.3) is 0 Å². The summed E-state index contributed by atoms with van der Waals surface area (Å²) in [4.78, 5) is 19.4. The number of carboxylic acid groups (broad SMARTS) is 2. The SMILES string of the molecule is C=C(CCOc1ccccc1)C(=O)[O-].C=CC(=O)[O-].[Ca+2]. The van der Waals surface area contributed by atoms with Crippen molar-refractivity contribution in [2.24, 2.45) is 0 Å². The molecule has 0 fully saturated rings. The van der Waals surface area contributed by atoms with E-state index < -0.39 is 11.9 Å². The van der Waals surface area contributed by atoms with Gasteiger partial charge in [-0.15, -0.1) is 0 Å². The molecule has 0 aliphatic rings. The van der Waals surface area contributed by atoms with E-state index in [2.05, 4.69) is 13.2 Å². The van der Waals surface area contributed by atoms with Crippen molar-refractivity contribution >= 4 is 49.7 Å². The molecule has 0 radical (unpaired) electrons. The third-order valence-electron chi connectivity index (χ3n) is 1.87. The fourth-order valence-electron chi connectivity index (χ4n) is 0.911. The summed E-state index contributed by atoms with van der Waals surface area (Å²) in [5, 5.41) is 19.4. The molecule has 1 aromatic rings. The van der Waals surface area contributed by atoms with Crippen LogP contribution in [0.2, 0.25) is 0 Å². The average Bonchev–Trinajstić information content (AvgIpc) is 2.40. The molecule has 5 nitrogen and oxygen atoms in total. The normalized spacial score (nSPS) is 8.20. The molecule has 0 heterocycles. The molecular formula is C14H14CaO5. The number of carbonyl (C=O) groups is 2. The predicted molar refractivity (Wildman–Crippen MR) is 71.7 cm³/mol. The maximum atomic E-state index is 10.3. The van der Waals surface area contributed by atoms with Crippen LogP contribution in [0.25, 0.3) is 0 Å². The maximum absolute atomic E-state index is 10.3. The van der Waals surface area contributed by atoms with Gasteiger partial charge in [-0.05, 0) is 23.8 Å². The molecule has 1 rings (SSSR count). The van der Waals surface area contributed by atoms with Gasteiger partial charge in [-0.3, -0.25) is 0 Å². The molecule has 102 valence electrons. The Hall–Kier alpha value is -1.30. The van der Waals surface area contributed by atoms with E-state index in [1.54, 1.807) is 0 Å². The smallest absolute Gasteiger partial charge is 0.545 e. The van der Waals surface area contributed by atoms with Crippen molar-refractivity contribution in [2.45, 2.75) is 6.42 Å². The summed E-state index contributed by atoms with van der Waals surface area (Å²) < 4.78 is 5.27. The Bertz CT molecular complexity index is 442. The number of ether oxygens (including phenoxy) is 1. The molecule has 0 aliphatic heterocycles. The van der Waals surface area contributed by atoms with Crippen molar-refractivity contribution in [3.05, 3.63) is 55.1 Å². The van der Waals surface area contributed by atoms with Crippen LogP contribution in [0.3, 0.4) is 0 Å². The van der Waals surface area contributed by atoms with Crippen molar-refractivity contribution < 1.29 is 24.5 Å². The third kappa shape index (κ3) is 11.8. The van der Waals surface area contributed by atoms with Crippen LogP contribution in [0, 0.1) is 0 Å². The van der Waals surface area contributed by atoms with Crippen molar-refractivity contribution in [1.82, 2.24) is 0 Å². The zero-order valence-corrected chi connectivity index (χ0v) is 13.2. The number of para-hydroxylation sites is 1. The number of rotatable bonds is 6. The van der Waals surface area contributed by atoms with Crippen molar-refractivity contribution in [2.75, 3.05) is 6.61 Å². The Balaban J connectivity index is 0. The number of benzene rings is 1. The molecule has 0 aliphatic carbocycles. The van der Waals surface area contributed by atoms with Crippen LogP contribution in [0.4, 0.5) is 0 Å². The van der Waals surface area contributed by atoms with Crippen LogP contribution in [0.1, 0.15) is 6.42 Å². The maximum Gasteiger partial charge on any atom is 2.00 e. The molecule has 1 aromatic carbocycles. The second-order valence-electron chi connectivity index (χ2n) is 3.33. The van der Waals surface area contributed by atoms with Crippen molar-refractivity contribution in [3.8, 4) is 5.75 Å². The summed E-state index contributed by atoms with van der Waals surface area (Å²) >= 11 is 0. The monoisotopic (exact) mass is 302 g/mol. The summed E-state index contributed by atoms with van der Waals surface area (Å²) in [6.07, 6.45) is 0.997. The molecule has 0 saturated heterocycles. The second-order valence-corrected chi connectivity index (χ2v) is 3.33. The van der Waals surface area contributed by atoms with Crippen LogP contribution in [-0.2, 0) is 9.59 Å². The van der Waals surface area contributed by atoms with E-state index in [1.807, 2.05) is 30.3 Å². The molecule has 0 unspecified atom stereocenters. The molecule has 20 heavy (non-hydrogen) atoms. The first-order valence-electron chi connectivity index (χ1n) is 5.37. The first-order valence-corrected chi connectivity index (χ1v) is 5.37. The Morgan fingerprint density at radius 1 is 1.20 bits per heavy atom. The molecule has 0 spiro atoms. The van der Waals surface area contributed by atoms with Gasteiger partial charge in [-0.25, -0.2) is 0 Å². The number of carboxylic acids is 2. The predicted octanol–water partition coefficient (Wildman–Crippen LogP) is -0.697. The van der Waals surface area contributed by atoms with E-state index in [4.69, 9.17) is 14.6 Å². The van der Waals surface area contributed by atoms with Gasteiger partial charge < -0.3 is 24.5 Å². The van der Waals surface area contributed by atoms with Gasteiger partial charge >= 0.3 is 37.7 Å². The van der Waals surface area contributed by atoms with Crippen LogP contribution in [0.15, 0.2) is 55.1 Å². The van der Waals surface area contributed by atoms with Gasteiger partial charge in [0.05, 0.1) is 18.5 Å². The first kappa shape index (κ1) is 21.0. The van der Waals surface area contributed by atoms with E-state index in [-0.39, 0.29) is 49.7 Å². The van der Waals surface area contributed by atoms with E-state index in [0.717, 1.165) is 11.8 Å². The summed E-state index contributed by atoms with van der Waals surface area (Å²) in [7, 11) is 0. The summed E-state index contributed by atoms with van der Waals surface area (Å²) in [6, 6.07) is 9.20. The molecule has 0 aromatic heterocycles. The first-order chi connectivity index (χ1) is 8.97. The van der Waals surface area contributed by atoms with E-state index in [0.29, 0.717) is 6.61 Å². The Kier molecular flexibility index (Phi) is 13.4. The molecule has 6 heteroatoms. The number of aliphatic carboxylic acids is 2. The zero-order chi connectivity index (χ0) is 14.7. The zero-order valence-electron chi connectivity index (χ0n) is 11.0. The minimum atomic E-state index is -1.23. The third-order valence-corrected chi connectivity index (χ3v) is 1.87.